The van der Waals surface area contributed by atoms with Gasteiger partial charge in [0, 0.05) is 39.8 Å². The fourth-order valence-corrected chi connectivity index (χ4v) is 3.95. The molecule has 1 aromatic carbocycles. The molecule has 0 unspecified atom stereocenters. The summed E-state index contributed by atoms with van der Waals surface area (Å²) >= 11 is 6.55. The molecule has 1 fully saturated rings. The smallest absolute Gasteiger partial charge is 0.269 e. The molecule has 1 amide bonds. The Morgan fingerprint density at radius 2 is 1.94 bits per heavy atom. The van der Waals surface area contributed by atoms with Gasteiger partial charge in [-0.1, -0.05) is 17.7 Å². The number of benzene rings is 1. The van der Waals surface area contributed by atoms with E-state index in [0.717, 1.165) is 5.56 Å². The normalized spacial score (nSPS) is 14.8. The van der Waals surface area contributed by atoms with Gasteiger partial charge in [0.15, 0.2) is 0 Å². The molecule has 0 saturated carbocycles. The number of carbonyl (C=O) groups excluding carboxylic acids is 1. The third kappa shape index (κ3) is 4.24. The van der Waals surface area contributed by atoms with Gasteiger partial charge in [-0.3, -0.25) is 14.5 Å². The van der Waals surface area contributed by atoms with Gasteiger partial charge in [-0.25, -0.2) is 9.97 Å². The van der Waals surface area contributed by atoms with Gasteiger partial charge in [0.05, 0.1) is 21.7 Å². The highest BCUT2D eigenvalue weighted by Crippen LogP contribution is 2.26. The van der Waals surface area contributed by atoms with Gasteiger partial charge >= 0.3 is 0 Å². The van der Waals surface area contributed by atoms with E-state index in [4.69, 9.17) is 11.6 Å². The number of piperazine rings is 1. The molecule has 1 aliphatic rings. The molecule has 1 saturated heterocycles. The van der Waals surface area contributed by atoms with Crippen LogP contribution in [0.15, 0.2) is 29.1 Å². The van der Waals surface area contributed by atoms with E-state index in [9.17, 15) is 14.0 Å². The lowest BCUT2D eigenvalue weighted by Gasteiger charge is -2.36. The van der Waals surface area contributed by atoms with Crippen molar-refractivity contribution in [1.29, 1.82) is 0 Å². The van der Waals surface area contributed by atoms with Crippen molar-refractivity contribution >= 4 is 34.2 Å². The van der Waals surface area contributed by atoms with Gasteiger partial charge in [-0.2, -0.15) is 4.39 Å². The number of hydrogen-bond donors (Lipinski definition) is 2. The molecule has 31 heavy (non-hydrogen) atoms. The molecule has 3 heterocycles. The Morgan fingerprint density at radius 1 is 1.19 bits per heavy atom. The first kappa shape index (κ1) is 21.2. The van der Waals surface area contributed by atoms with Crippen LogP contribution in [-0.2, 0) is 6.54 Å². The number of aryl methyl sites for hydroxylation is 1. The molecule has 8 nitrogen and oxygen atoms in total. The van der Waals surface area contributed by atoms with Crippen molar-refractivity contribution in [3.8, 4) is 0 Å². The molecular formula is C21H22ClFN6O2. The number of nitrogens with one attached hydrogen (secondary N) is 2. The SMILES string of the molecule is CNC(=O)c1ccc(N2CCN(Cc3ccc4nc(C)c(=O)[nH]c4c3Cl)CC2)c(F)n1. The van der Waals surface area contributed by atoms with Crippen LogP contribution in [0.5, 0.6) is 0 Å². The number of anilines is 1. The van der Waals surface area contributed by atoms with E-state index in [2.05, 4.69) is 25.2 Å². The molecular weight excluding hydrogens is 423 g/mol. The minimum absolute atomic E-state index is 0.0519. The van der Waals surface area contributed by atoms with Crippen LogP contribution < -0.4 is 15.8 Å². The summed E-state index contributed by atoms with van der Waals surface area (Å²) in [5.41, 5.74) is 2.67. The van der Waals surface area contributed by atoms with Crippen molar-refractivity contribution < 1.29 is 9.18 Å². The molecule has 0 spiro atoms. The van der Waals surface area contributed by atoms with Gasteiger partial charge < -0.3 is 15.2 Å². The minimum atomic E-state index is -0.654. The molecule has 0 atom stereocenters. The lowest BCUT2D eigenvalue weighted by molar-refractivity contribution is 0.0957. The van der Waals surface area contributed by atoms with Crippen LogP contribution >= 0.6 is 11.6 Å². The molecule has 1 aliphatic heterocycles. The van der Waals surface area contributed by atoms with Crippen molar-refractivity contribution in [2.24, 2.45) is 0 Å². The maximum absolute atomic E-state index is 14.4. The number of aromatic amines is 1. The second-order valence-electron chi connectivity index (χ2n) is 7.43. The maximum atomic E-state index is 14.4. The Bertz CT molecular complexity index is 1210. The fraction of sp³-hybridized carbons (Fsp3) is 0.333. The predicted molar refractivity (Wildman–Crippen MR) is 117 cm³/mol. The van der Waals surface area contributed by atoms with Crippen LogP contribution in [0.25, 0.3) is 11.0 Å². The summed E-state index contributed by atoms with van der Waals surface area (Å²) in [5, 5.41) is 2.93. The molecule has 10 heteroatoms. The standard InChI is InChI=1S/C21H22ClFN6O2/c1-12-20(30)27-18-14(25-12)4-3-13(17(18)22)11-28-7-9-29(10-8-28)16-6-5-15(21(31)24-2)26-19(16)23/h3-6H,7-11H2,1-2H3,(H,24,31)(H,27,30). The third-order valence-electron chi connectivity index (χ3n) is 5.45. The van der Waals surface area contributed by atoms with Crippen molar-refractivity contribution in [1.82, 2.24) is 25.2 Å². The van der Waals surface area contributed by atoms with Gasteiger partial charge in [-0.15, -0.1) is 0 Å². The number of aromatic nitrogens is 3. The highest BCUT2D eigenvalue weighted by molar-refractivity contribution is 6.35. The average Bonchev–Trinajstić information content (AvgIpc) is 2.77. The van der Waals surface area contributed by atoms with E-state index < -0.39 is 11.9 Å². The van der Waals surface area contributed by atoms with E-state index >= 15 is 0 Å². The van der Waals surface area contributed by atoms with E-state index in [0.29, 0.717) is 60.2 Å². The summed E-state index contributed by atoms with van der Waals surface area (Å²) in [6.45, 7) is 4.89. The molecule has 162 valence electrons. The summed E-state index contributed by atoms with van der Waals surface area (Å²) < 4.78 is 14.4. The number of rotatable bonds is 4. The summed E-state index contributed by atoms with van der Waals surface area (Å²) in [6, 6.07) is 6.89. The number of fused-ring (bicyclic) bond motifs is 1. The third-order valence-corrected chi connectivity index (χ3v) is 5.88. The zero-order valence-corrected chi connectivity index (χ0v) is 18.0. The van der Waals surface area contributed by atoms with Crippen molar-refractivity contribution in [3.05, 3.63) is 62.5 Å². The first-order valence-corrected chi connectivity index (χ1v) is 10.3. The Labute approximate surface area is 183 Å². The number of H-pyrrole nitrogens is 1. The van der Waals surface area contributed by atoms with Crippen LogP contribution in [0, 0.1) is 12.9 Å². The summed E-state index contributed by atoms with van der Waals surface area (Å²) in [7, 11) is 1.48. The Morgan fingerprint density at radius 3 is 2.61 bits per heavy atom. The Kier molecular flexibility index (Phi) is 5.88. The van der Waals surface area contributed by atoms with Crippen LogP contribution in [0.2, 0.25) is 5.02 Å². The molecule has 0 bridgehead atoms. The molecule has 4 rings (SSSR count). The zero-order valence-electron chi connectivity index (χ0n) is 17.2. The Balaban J connectivity index is 1.45. The highest BCUT2D eigenvalue weighted by Gasteiger charge is 2.22. The van der Waals surface area contributed by atoms with E-state index in [1.807, 2.05) is 17.0 Å². The van der Waals surface area contributed by atoms with Gasteiger partial charge in [-0.05, 0) is 30.7 Å². The molecule has 3 aromatic rings. The van der Waals surface area contributed by atoms with Crippen LogP contribution in [0.1, 0.15) is 21.7 Å². The number of carbonyl (C=O) groups is 1. The van der Waals surface area contributed by atoms with Gasteiger partial charge in [0.1, 0.15) is 11.4 Å². The second kappa shape index (κ2) is 8.60. The van der Waals surface area contributed by atoms with Gasteiger partial charge in [0.25, 0.3) is 11.5 Å². The maximum Gasteiger partial charge on any atom is 0.269 e. The van der Waals surface area contributed by atoms with Crippen molar-refractivity contribution in [3.63, 3.8) is 0 Å². The summed E-state index contributed by atoms with van der Waals surface area (Å²) in [4.78, 5) is 38.5. The molecule has 2 N–H and O–H groups in total. The largest absolute Gasteiger partial charge is 0.365 e. The van der Waals surface area contributed by atoms with E-state index in [-0.39, 0.29) is 11.3 Å². The van der Waals surface area contributed by atoms with E-state index in [1.54, 1.807) is 13.0 Å². The lowest BCUT2D eigenvalue weighted by atomic mass is 10.1. The topological polar surface area (TPSA) is 94.2 Å². The second-order valence-corrected chi connectivity index (χ2v) is 7.81. The minimum Gasteiger partial charge on any atom is -0.365 e. The monoisotopic (exact) mass is 444 g/mol. The molecule has 0 aliphatic carbocycles. The highest BCUT2D eigenvalue weighted by atomic mass is 35.5. The average molecular weight is 445 g/mol. The first-order chi connectivity index (χ1) is 14.9. The molecule has 2 aromatic heterocycles. The number of amides is 1. The first-order valence-electron chi connectivity index (χ1n) is 9.91. The number of pyridine rings is 1. The number of halogens is 2. The number of nitrogens with zero attached hydrogens (tertiary/aromatic N) is 4. The summed E-state index contributed by atoms with van der Waals surface area (Å²) in [5.74, 6) is -1.08. The van der Waals surface area contributed by atoms with E-state index in [1.165, 1.54) is 13.1 Å². The lowest BCUT2D eigenvalue weighted by Crippen LogP contribution is -2.46. The quantitative estimate of drug-likeness (QED) is 0.598. The van der Waals surface area contributed by atoms with Crippen LogP contribution in [0.4, 0.5) is 10.1 Å². The van der Waals surface area contributed by atoms with Crippen LogP contribution in [0.3, 0.4) is 0 Å². The predicted octanol–water partition coefficient (Wildman–Crippen LogP) is 2.10. The fourth-order valence-electron chi connectivity index (χ4n) is 3.68. The number of hydrogen-bond acceptors (Lipinski definition) is 6. The molecule has 0 radical (unpaired) electrons. The van der Waals surface area contributed by atoms with Crippen LogP contribution in [-0.4, -0.2) is 59.0 Å². The van der Waals surface area contributed by atoms with Crippen molar-refractivity contribution in [2.75, 3.05) is 38.1 Å². The van der Waals surface area contributed by atoms with Gasteiger partial charge in [0.2, 0.25) is 5.95 Å². The zero-order chi connectivity index (χ0) is 22.1. The van der Waals surface area contributed by atoms with Crippen molar-refractivity contribution in [2.45, 2.75) is 13.5 Å². The Hall–Kier alpha value is -3.04. The summed E-state index contributed by atoms with van der Waals surface area (Å²) in [6.07, 6.45) is 0.